The van der Waals surface area contributed by atoms with Crippen molar-refractivity contribution in [2.45, 2.75) is 33.2 Å². The Morgan fingerprint density at radius 3 is 2.72 bits per heavy atom. The summed E-state index contributed by atoms with van der Waals surface area (Å²) < 4.78 is 7.06. The van der Waals surface area contributed by atoms with Crippen molar-refractivity contribution in [1.82, 2.24) is 14.7 Å². The Balaban J connectivity index is 2.13. The van der Waals surface area contributed by atoms with Gasteiger partial charge in [-0.1, -0.05) is 19.9 Å². The third-order valence-electron chi connectivity index (χ3n) is 4.39. The standard InChI is InChI=1S/C19H28N4O2/c1-13(2)15(20)8-10-22(4)19(24)16-9-11-23(21-16)17-12-14(3)6-7-18(17)25-5/h6-7,9,11-13,15H,8,10,20H2,1-5H3. The minimum Gasteiger partial charge on any atom is -0.494 e. The van der Waals surface area contributed by atoms with Gasteiger partial charge in [0.1, 0.15) is 11.4 Å². The summed E-state index contributed by atoms with van der Waals surface area (Å²) in [6, 6.07) is 7.66. The van der Waals surface area contributed by atoms with E-state index in [1.165, 1.54) is 0 Å². The lowest BCUT2D eigenvalue weighted by Gasteiger charge is -2.20. The van der Waals surface area contributed by atoms with E-state index in [1.54, 1.807) is 36.0 Å². The van der Waals surface area contributed by atoms with E-state index in [4.69, 9.17) is 10.5 Å². The van der Waals surface area contributed by atoms with Gasteiger partial charge in [-0.2, -0.15) is 5.10 Å². The van der Waals surface area contributed by atoms with Crippen molar-refractivity contribution < 1.29 is 9.53 Å². The van der Waals surface area contributed by atoms with Crippen LogP contribution < -0.4 is 10.5 Å². The van der Waals surface area contributed by atoms with Crippen LogP contribution in [0.25, 0.3) is 5.69 Å². The SMILES string of the molecule is COc1ccc(C)cc1-n1ccc(C(=O)N(C)CCC(N)C(C)C)n1. The smallest absolute Gasteiger partial charge is 0.274 e. The number of rotatable bonds is 7. The normalized spacial score (nSPS) is 12.3. The van der Waals surface area contributed by atoms with Crippen LogP contribution in [0.3, 0.4) is 0 Å². The van der Waals surface area contributed by atoms with E-state index < -0.39 is 0 Å². The molecule has 2 aromatic rings. The van der Waals surface area contributed by atoms with Crippen molar-refractivity contribution in [3.63, 3.8) is 0 Å². The fourth-order valence-corrected chi connectivity index (χ4v) is 2.52. The fraction of sp³-hybridized carbons (Fsp3) is 0.474. The molecule has 1 aromatic carbocycles. The number of amides is 1. The highest BCUT2D eigenvalue weighted by atomic mass is 16.5. The van der Waals surface area contributed by atoms with E-state index in [2.05, 4.69) is 18.9 Å². The average molecular weight is 344 g/mol. The summed E-state index contributed by atoms with van der Waals surface area (Å²) in [5.74, 6) is 1.00. The zero-order valence-electron chi connectivity index (χ0n) is 15.7. The second kappa shape index (κ2) is 8.16. The Morgan fingerprint density at radius 1 is 1.36 bits per heavy atom. The van der Waals surface area contributed by atoms with E-state index in [0.29, 0.717) is 23.9 Å². The average Bonchev–Trinajstić information content (AvgIpc) is 3.08. The van der Waals surface area contributed by atoms with Crippen LogP contribution in [0.4, 0.5) is 0 Å². The Morgan fingerprint density at radius 2 is 2.08 bits per heavy atom. The second-order valence-corrected chi connectivity index (χ2v) is 6.74. The maximum atomic E-state index is 12.6. The topological polar surface area (TPSA) is 73.4 Å². The molecule has 0 aliphatic carbocycles. The zero-order chi connectivity index (χ0) is 18.6. The molecule has 0 saturated carbocycles. The summed E-state index contributed by atoms with van der Waals surface area (Å²) in [7, 11) is 3.40. The number of hydrogen-bond donors (Lipinski definition) is 1. The third-order valence-corrected chi connectivity index (χ3v) is 4.39. The molecular weight excluding hydrogens is 316 g/mol. The number of carbonyl (C=O) groups is 1. The predicted octanol–water partition coefficient (Wildman–Crippen LogP) is 2.63. The minimum atomic E-state index is -0.110. The molecule has 6 heteroatoms. The van der Waals surface area contributed by atoms with Crippen LogP contribution in [0.2, 0.25) is 0 Å². The minimum absolute atomic E-state index is 0.0874. The first-order valence-electron chi connectivity index (χ1n) is 8.55. The fourth-order valence-electron chi connectivity index (χ4n) is 2.52. The number of nitrogens with two attached hydrogens (primary N) is 1. The van der Waals surface area contributed by atoms with Crippen molar-refractivity contribution in [3.05, 3.63) is 41.7 Å². The van der Waals surface area contributed by atoms with Crippen LogP contribution in [-0.2, 0) is 0 Å². The number of aromatic nitrogens is 2. The van der Waals surface area contributed by atoms with Gasteiger partial charge in [-0.05, 0) is 43.0 Å². The zero-order valence-corrected chi connectivity index (χ0v) is 15.7. The number of aryl methyl sites for hydroxylation is 1. The molecule has 25 heavy (non-hydrogen) atoms. The molecule has 0 fully saturated rings. The van der Waals surface area contributed by atoms with Crippen molar-refractivity contribution in [3.8, 4) is 11.4 Å². The lowest BCUT2D eigenvalue weighted by Crippen LogP contribution is -2.34. The van der Waals surface area contributed by atoms with Gasteiger partial charge in [0.05, 0.1) is 7.11 Å². The summed E-state index contributed by atoms with van der Waals surface area (Å²) in [5, 5.41) is 4.43. The molecule has 2 N–H and O–H groups in total. The van der Waals surface area contributed by atoms with Crippen molar-refractivity contribution >= 4 is 5.91 Å². The van der Waals surface area contributed by atoms with Crippen LogP contribution in [0.5, 0.6) is 5.75 Å². The molecule has 136 valence electrons. The van der Waals surface area contributed by atoms with Gasteiger partial charge in [0, 0.05) is 25.8 Å². The van der Waals surface area contributed by atoms with Gasteiger partial charge in [-0.3, -0.25) is 4.79 Å². The Kier molecular flexibility index (Phi) is 6.20. The molecule has 6 nitrogen and oxygen atoms in total. The summed E-state index contributed by atoms with van der Waals surface area (Å²) >= 11 is 0. The van der Waals surface area contributed by atoms with Crippen LogP contribution in [-0.4, -0.2) is 47.3 Å². The maximum absolute atomic E-state index is 12.6. The highest BCUT2D eigenvalue weighted by Crippen LogP contribution is 2.23. The monoisotopic (exact) mass is 344 g/mol. The second-order valence-electron chi connectivity index (χ2n) is 6.74. The van der Waals surface area contributed by atoms with Crippen molar-refractivity contribution in [2.75, 3.05) is 20.7 Å². The number of ether oxygens (including phenoxy) is 1. The molecule has 0 aliphatic rings. The van der Waals surface area contributed by atoms with Gasteiger partial charge in [0.25, 0.3) is 5.91 Å². The Bertz CT molecular complexity index is 724. The summed E-state index contributed by atoms with van der Waals surface area (Å²) in [6.45, 7) is 6.79. The van der Waals surface area contributed by atoms with Gasteiger partial charge in [0.2, 0.25) is 0 Å². The van der Waals surface area contributed by atoms with E-state index in [9.17, 15) is 4.79 Å². The summed E-state index contributed by atoms with van der Waals surface area (Å²) in [5.41, 5.74) is 8.37. The highest BCUT2D eigenvalue weighted by Gasteiger charge is 2.17. The van der Waals surface area contributed by atoms with Gasteiger partial charge in [0.15, 0.2) is 5.69 Å². The molecule has 1 unspecified atom stereocenters. The van der Waals surface area contributed by atoms with Crippen molar-refractivity contribution in [2.24, 2.45) is 11.7 Å². The maximum Gasteiger partial charge on any atom is 0.274 e. The molecule has 0 bridgehead atoms. The van der Waals surface area contributed by atoms with Crippen LogP contribution >= 0.6 is 0 Å². The number of methoxy groups -OCH3 is 1. The van der Waals surface area contributed by atoms with Gasteiger partial charge in [-0.15, -0.1) is 0 Å². The molecule has 1 atom stereocenters. The molecular formula is C19H28N4O2. The quantitative estimate of drug-likeness (QED) is 0.838. The van der Waals surface area contributed by atoms with Crippen LogP contribution in [0, 0.1) is 12.8 Å². The van der Waals surface area contributed by atoms with Crippen molar-refractivity contribution in [1.29, 1.82) is 0 Å². The van der Waals surface area contributed by atoms with E-state index in [-0.39, 0.29) is 11.9 Å². The van der Waals surface area contributed by atoms with Gasteiger partial charge >= 0.3 is 0 Å². The van der Waals surface area contributed by atoms with Crippen LogP contribution in [0.1, 0.15) is 36.3 Å². The largest absolute Gasteiger partial charge is 0.494 e. The number of nitrogens with zero attached hydrogens (tertiary/aromatic N) is 3. The third kappa shape index (κ3) is 4.60. The lowest BCUT2D eigenvalue weighted by atomic mass is 10.0. The van der Waals surface area contributed by atoms with E-state index in [1.807, 2.05) is 25.1 Å². The first kappa shape index (κ1) is 19.0. The number of carbonyl (C=O) groups excluding carboxylic acids is 1. The van der Waals surface area contributed by atoms with E-state index in [0.717, 1.165) is 17.7 Å². The van der Waals surface area contributed by atoms with E-state index >= 15 is 0 Å². The first-order chi connectivity index (χ1) is 11.8. The lowest BCUT2D eigenvalue weighted by molar-refractivity contribution is 0.0783. The Labute approximate surface area is 149 Å². The molecule has 0 saturated heterocycles. The molecule has 1 heterocycles. The molecule has 1 amide bonds. The molecule has 0 aliphatic heterocycles. The molecule has 2 rings (SSSR count). The predicted molar refractivity (Wildman–Crippen MR) is 99.2 cm³/mol. The molecule has 0 spiro atoms. The summed E-state index contributed by atoms with van der Waals surface area (Å²) in [4.78, 5) is 14.2. The van der Waals surface area contributed by atoms with Gasteiger partial charge < -0.3 is 15.4 Å². The number of benzene rings is 1. The van der Waals surface area contributed by atoms with Gasteiger partial charge in [-0.25, -0.2) is 4.68 Å². The summed E-state index contributed by atoms with van der Waals surface area (Å²) in [6.07, 6.45) is 2.55. The Hall–Kier alpha value is -2.34. The first-order valence-corrected chi connectivity index (χ1v) is 8.55. The highest BCUT2D eigenvalue weighted by molar-refractivity contribution is 5.92. The molecule has 1 aromatic heterocycles. The number of hydrogen-bond acceptors (Lipinski definition) is 4. The molecule has 0 radical (unpaired) electrons. The van der Waals surface area contributed by atoms with Crippen LogP contribution in [0.15, 0.2) is 30.5 Å².